The fraction of sp³-hybridized carbons (Fsp3) is 0.294. The number of carboxylic acids is 1. The lowest BCUT2D eigenvalue weighted by atomic mass is 10.2. The second kappa shape index (κ2) is 9.11. The van der Waals surface area contributed by atoms with E-state index in [1.54, 1.807) is 12.1 Å². The molecule has 3 aromatic rings. The van der Waals surface area contributed by atoms with Gasteiger partial charge in [0.15, 0.2) is 5.13 Å². The molecule has 148 valence electrons. The molecular weight excluding hydrogens is 408 g/mol. The van der Waals surface area contributed by atoms with Crippen molar-refractivity contribution in [2.24, 2.45) is 5.92 Å². The van der Waals surface area contributed by atoms with Crippen molar-refractivity contribution >= 4 is 50.4 Å². The van der Waals surface area contributed by atoms with E-state index in [-0.39, 0.29) is 11.5 Å². The quantitative estimate of drug-likeness (QED) is 0.437. The smallest absolute Gasteiger partial charge is 0.335 e. The van der Waals surface area contributed by atoms with Gasteiger partial charge in [-0.1, -0.05) is 30.0 Å². The Labute approximate surface area is 167 Å². The Morgan fingerprint density at radius 1 is 1.25 bits per heavy atom. The maximum atomic E-state index is 12.3. The van der Waals surface area contributed by atoms with Gasteiger partial charge < -0.3 is 15.7 Å². The first kappa shape index (κ1) is 20.2. The zero-order valence-corrected chi connectivity index (χ0v) is 16.4. The molecule has 0 fully saturated rings. The Hall–Kier alpha value is -2.53. The number of hydrogen-bond donors (Lipinski definition) is 3. The highest BCUT2D eigenvalue weighted by Crippen LogP contribution is 2.27. The summed E-state index contributed by atoms with van der Waals surface area (Å²) in [6.07, 6.45) is 2.73. The van der Waals surface area contributed by atoms with Gasteiger partial charge in [0.25, 0.3) is 5.76 Å². The second-order valence-corrected chi connectivity index (χ2v) is 8.09. The minimum absolute atomic E-state index is 0.209. The first-order valence-electron chi connectivity index (χ1n) is 8.29. The summed E-state index contributed by atoms with van der Waals surface area (Å²) in [6, 6.07) is 4.84. The van der Waals surface area contributed by atoms with Gasteiger partial charge in [-0.2, -0.15) is 8.78 Å². The van der Waals surface area contributed by atoms with E-state index in [0.29, 0.717) is 40.8 Å². The lowest BCUT2D eigenvalue weighted by Crippen LogP contribution is -2.20. The van der Waals surface area contributed by atoms with Crippen LogP contribution >= 0.6 is 23.1 Å². The van der Waals surface area contributed by atoms with Gasteiger partial charge in [0, 0.05) is 30.4 Å². The van der Waals surface area contributed by atoms with Crippen molar-refractivity contribution in [1.29, 1.82) is 0 Å². The number of hydrogen-bond acceptors (Lipinski definition) is 8. The lowest BCUT2D eigenvalue weighted by molar-refractivity contribution is 0.0697. The molecule has 7 nitrogen and oxygen atoms in total. The van der Waals surface area contributed by atoms with Crippen LogP contribution in [0.3, 0.4) is 0 Å². The number of carbonyl (C=O) groups is 1. The summed E-state index contributed by atoms with van der Waals surface area (Å²) < 4.78 is 25.4. The fourth-order valence-corrected chi connectivity index (χ4v) is 3.65. The average Bonchev–Trinajstić information content (AvgIpc) is 3.07. The molecule has 11 heteroatoms. The van der Waals surface area contributed by atoms with Gasteiger partial charge >= 0.3 is 5.97 Å². The minimum atomic E-state index is -2.49. The molecule has 0 bridgehead atoms. The van der Waals surface area contributed by atoms with Crippen LogP contribution in [0.1, 0.15) is 17.3 Å². The normalized spacial score (nSPS) is 12.3. The second-order valence-electron chi connectivity index (χ2n) is 5.99. The molecule has 0 radical (unpaired) electrons. The first-order valence-corrected chi connectivity index (χ1v) is 9.99. The molecule has 1 aromatic carbocycles. The predicted octanol–water partition coefficient (Wildman–Crippen LogP) is 4.26. The summed E-state index contributed by atoms with van der Waals surface area (Å²) in [5, 5.41) is 16.1. The molecule has 0 spiro atoms. The molecule has 3 N–H and O–H groups in total. The Bertz CT molecular complexity index is 952. The van der Waals surface area contributed by atoms with Gasteiger partial charge in [-0.05, 0) is 24.1 Å². The standard InChI is InChI=1S/C17H17F2N5O2S2/c1-9(5-20-16-21-7-11(8-22-16)27-15(18)19)6-23-17-24-12-3-2-10(14(25)26)4-13(12)28-17/h2-4,7-9,15H,5-6H2,1H3,(H,23,24)(H,25,26)(H,20,21,22)/t9-/m0/s1. The van der Waals surface area contributed by atoms with Crippen molar-refractivity contribution in [3.8, 4) is 0 Å². The van der Waals surface area contributed by atoms with Gasteiger partial charge in [0.1, 0.15) is 0 Å². The highest BCUT2D eigenvalue weighted by Gasteiger charge is 2.10. The van der Waals surface area contributed by atoms with Crippen molar-refractivity contribution in [2.45, 2.75) is 17.6 Å². The molecule has 0 amide bonds. The monoisotopic (exact) mass is 425 g/mol. The molecule has 0 aliphatic heterocycles. The van der Waals surface area contributed by atoms with Crippen LogP contribution in [0.4, 0.5) is 19.9 Å². The fourth-order valence-electron chi connectivity index (χ4n) is 2.30. The van der Waals surface area contributed by atoms with E-state index in [4.69, 9.17) is 5.11 Å². The number of thiazole rings is 1. The van der Waals surface area contributed by atoms with Crippen LogP contribution in [0.5, 0.6) is 0 Å². The van der Waals surface area contributed by atoms with Crippen LogP contribution in [-0.2, 0) is 0 Å². The van der Waals surface area contributed by atoms with Crippen LogP contribution in [0.15, 0.2) is 35.5 Å². The number of aromatic nitrogens is 3. The summed E-state index contributed by atoms with van der Waals surface area (Å²) >= 11 is 1.80. The number of nitrogens with zero attached hydrogens (tertiary/aromatic N) is 3. The Balaban J connectivity index is 1.49. The van der Waals surface area contributed by atoms with E-state index in [2.05, 4.69) is 25.6 Å². The number of carboxylic acid groups (broad SMARTS) is 1. The van der Waals surface area contributed by atoms with Gasteiger partial charge in [0.2, 0.25) is 5.95 Å². The zero-order valence-electron chi connectivity index (χ0n) is 14.7. The maximum Gasteiger partial charge on any atom is 0.335 e. The number of rotatable bonds is 9. The van der Waals surface area contributed by atoms with E-state index >= 15 is 0 Å². The maximum absolute atomic E-state index is 12.3. The van der Waals surface area contributed by atoms with Crippen molar-refractivity contribution in [2.75, 3.05) is 23.7 Å². The lowest BCUT2D eigenvalue weighted by Gasteiger charge is -2.13. The molecule has 0 saturated heterocycles. The third kappa shape index (κ3) is 5.49. The number of fused-ring (bicyclic) bond motifs is 1. The number of nitrogens with one attached hydrogen (secondary N) is 2. The van der Waals surface area contributed by atoms with Crippen molar-refractivity contribution < 1.29 is 18.7 Å². The summed E-state index contributed by atoms with van der Waals surface area (Å²) in [6.45, 7) is 3.25. The highest BCUT2D eigenvalue weighted by molar-refractivity contribution is 7.99. The number of thioether (sulfide) groups is 1. The average molecular weight is 425 g/mol. The molecule has 2 heterocycles. The SMILES string of the molecule is C[C@@H](CNc1ncc(SC(F)F)cn1)CNc1nc2ccc(C(=O)O)cc2s1. The van der Waals surface area contributed by atoms with E-state index in [0.717, 1.165) is 10.2 Å². The Morgan fingerprint density at radius 2 is 1.96 bits per heavy atom. The molecule has 0 aliphatic rings. The van der Waals surface area contributed by atoms with Crippen LogP contribution in [-0.4, -0.2) is 44.9 Å². The van der Waals surface area contributed by atoms with Crippen LogP contribution in [0.2, 0.25) is 0 Å². The van der Waals surface area contributed by atoms with E-state index in [9.17, 15) is 13.6 Å². The molecule has 2 aromatic heterocycles. The Kier molecular flexibility index (Phi) is 6.57. The molecular formula is C17H17F2N5O2S2. The number of anilines is 2. The number of aromatic carboxylic acids is 1. The van der Waals surface area contributed by atoms with E-state index < -0.39 is 11.7 Å². The summed E-state index contributed by atoms with van der Waals surface area (Å²) in [7, 11) is 0. The van der Waals surface area contributed by atoms with Gasteiger partial charge in [-0.3, -0.25) is 0 Å². The van der Waals surface area contributed by atoms with Gasteiger partial charge in [-0.25, -0.2) is 19.7 Å². The largest absolute Gasteiger partial charge is 0.478 e. The van der Waals surface area contributed by atoms with Crippen LogP contribution < -0.4 is 10.6 Å². The topological polar surface area (TPSA) is 100 Å². The molecule has 0 aliphatic carbocycles. The van der Waals surface area contributed by atoms with Crippen molar-refractivity contribution in [3.63, 3.8) is 0 Å². The molecule has 1 atom stereocenters. The Morgan fingerprint density at radius 3 is 2.64 bits per heavy atom. The summed E-state index contributed by atoms with van der Waals surface area (Å²) in [5.74, 6) is -2.87. The van der Waals surface area contributed by atoms with E-state index in [1.807, 2.05) is 6.92 Å². The first-order chi connectivity index (χ1) is 13.4. The van der Waals surface area contributed by atoms with Crippen molar-refractivity contribution in [3.05, 3.63) is 36.2 Å². The third-order valence-corrected chi connectivity index (χ3v) is 5.34. The highest BCUT2D eigenvalue weighted by atomic mass is 32.2. The predicted molar refractivity (Wildman–Crippen MR) is 107 cm³/mol. The number of benzene rings is 1. The molecule has 28 heavy (non-hydrogen) atoms. The molecule has 0 unspecified atom stereocenters. The molecule has 0 saturated carbocycles. The number of halogens is 2. The summed E-state index contributed by atoms with van der Waals surface area (Å²) in [5.41, 5.74) is 0.983. The van der Waals surface area contributed by atoms with Crippen LogP contribution in [0, 0.1) is 5.92 Å². The number of alkyl halides is 2. The van der Waals surface area contributed by atoms with Crippen LogP contribution in [0.25, 0.3) is 10.2 Å². The zero-order chi connectivity index (χ0) is 20.1. The minimum Gasteiger partial charge on any atom is -0.478 e. The summed E-state index contributed by atoms with van der Waals surface area (Å²) in [4.78, 5) is 23.8. The van der Waals surface area contributed by atoms with Crippen molar-refractivity contribution in [1.82, 2.24) is 15.0 Å². The third-order valence-electron chi connectivity index (χ3n) is 3.70. The van der Waals surface area contributed by atoms with Gasteiger partial charge in [-0.15, -0.1) is 0 Å². The van der Waals surface area contributed by atoms with E-state index in [1.165, 1.54) is 29.8 Å². The van der Waals surface area contributed by atoms with Gasteiger partial charge in [0.05, 0.1) is 15.8 Å². The molecule has 3 rings (SSSR count).